The van der Waals surface area contributed by atoms with Gasteiger partial charge in [-0.05, 0) is 30.3 Å². The number of ether oxygens (including phenoxy) is 2. The minimum Gasteiger partial charge on any atom is -0.493 e. The molecule has 2 rings (SSSR count). The molecule has 0 saturated carbocycles. The van der Waals surface area contributed by atoms with Crippen LogP contribution in [0.1, 0.15) is 12.0 Å². The monoisotopic (exact) mass is 335 g/mol. The molecule has 2 aromatic rings. The Hall–Kier alpha value is -1.52. The molecule has 0 aromatic heterocycles. The van der Waals surface area contributed by atoms with Crippen molar-refractivity contribution in [2.45, 2.75) is 13.0 Å². The van der Waals surface area contributed by atoms with Crippen molar-refractivity contribution >= 4 is 15.9 Å². The van der Waals surface area contributed by atoms with E-state index < -0.39 is 0 Å². The number of para-hydroxylation sites is 1. The van der Waals surface area contributed by atoms with Crippen molar-refractivity contribution in [3.63, 3.8) is 0 Å². The van der Waals surface area contributed by atoms with Crippen molar-refractivity contribution in [2.75, 3.05) is 13.2 Å². The summed E-state index contributed by atoms with van der Waals surface area (Å²) in [5.74, 6) is 1.73. The second-order valence-electron chi connectivity index (χ2n) is 4.32. The van der Waals surface area contributed by atoms with Crippen LogP contribution in [-0.2, 0) is 6.54 Å². The van der Waals surface area contributed by atoms with E-state index in [4.69, 9.17) is 15.2 Å². The van der Waals surface area contributed by atoms with Crippen LogP contribution in [-0.4, -0.2) is 13.2 Å². The van der Waals surface area contributed by atoms with Gasteiger partial charge in [0.25, 0.3) is 0 Å². The smallest absolute Gasteiger partial charge is 0.123 e. The first-order chi connectivity index (χ1) is 9.79. The second-order valence-corrected chi connectivity index (χ2v) is 5.23. The van der Waals surface area contributed by atoms with Crippen LogP contribution in [0.4, 0.5) is 0 Å². The Morgan fingerprint density at radius 3 is 2.35 bits per heavy atom. The lowest BCUT2D eigenvalue weighted by Gasteiger charge is -2.10. The third kappa shape index (κ3) is 4.54. The third-order valence-electron chi connectivity index (χ3n) is 2.82. The molecule has 0 atom stereocenters. The quantitative estimate of drug-likeness (QED) is 0.783. The summed E-state index contributed by atoms with van der Waals surface area (Å²) in [7, 11) is 0. The average Bonchev–Trinajstić information content (AvgIpc) is 2.49. The van der Waals surface area contributed by atoms with Crippen LogP contribution in [0.3, 0.4) is 0 Å². The highest BCUT2D eigenvalue weighted by Crippen LogP contribution is 2.18. The van der Waals surface area contributed by atoms with Crippen molar-refractivity contribution < 1.29 is 9.47 Å². The summed E-state index contributed by atoms with van der Waals surface area (Å²) in [5.41, 5.74) is 6.69. The molecule has 106 valence electrons. The predicted molar refractivity (Wildman–Crippen MR) is 84.1 cm³/mol. The molecule has 0 spiro atoms. The van der Waals surface area contributed by atoms with Gasteiger partial charge >= 0.3 is 0 Å². The van der Waals surface area contributed by atoms with Crippen LogP contribution >= 0.6 is 15.9 Å². The molecule has 0 amide bonds. The Balaban J connectivity index is 1.70. The van der Waals surface area contributed by atoms with Gasteiger partial charge in [-0.15, -0.1) is 0 Å². The highest BCUT2D eigenvalue weighted by atomic mass is 79.9. The number of halogens is 1. The molecule has 0 heterocycles. The van der Waals surface area contributed by atoms with E-state index >= 15 is 0 Å². The van der Waals surface area contributed by atoms with Gasteiger partial charge in [0.2, 0.25) is 0 Å². The number of hydrogen-bond donors (Lipinski definition) is 1. The Morgan fingerprint density at radius 2 is 1.60 bits per heavy atom. The summed E-state index contributed by atoms with van der Waals surface area (Å²) >= 11 is 3.39. The molecule has 20 heavy (non-hydrogen) atoms. The normalized spacial score (nSPS) is 10.3. The van der Waals surface area contributed by atoms with Crippen LogP contribution in [0, 0.1) is 0 Å². The molecule has 0 aliphatic carbocycles. The molecule has 0 bridgehead atoms. The first-order valence-electron chi connectivity index (χ1n) is 6.59. The predicted octanol–water partition coefficient (Wildman–Crippen LogP) is 3.76. The number of benzene rings is 2. The van der Waals surface area contributed by atoms with Crippen molar-refractivity contribution in [3.05, 3.63) is 58.6 Å². The van der Waals surface area contributed by atoms with E-state index in [1.165, 1.54) is 0 Å². The van der Waals surface area contributed by atoms with E-state index in [-0.39, 0.29) is 0 Å². The second kappa shape index (κ2) is 7.92. The summed E-state index contributed by atoms with van der Waals surface area (Å²) in [4.78, 5) is 0. The summed E-state index contributed by atoms with van der Waals surface area (Å²) < 4.78 is 12.4. The number of hydrogen-bond acceptors (Lipinski definition) is 3. The zero-order chi connectivity index (χ0) is 14.2. The molecule has 0 aliphatic heterocycles. The van der Waals surface area contributed by atoms with E-state index in [0.29, 0.717) is 19.8 Å². The standard InChI is InChI=1S/C16H18BrNO2/c17-14-6-8-15(9-7-14)19-10-3-11-20-16-5-2-1-4-13(16)12-18/h1-2,4-9H,3,10-12,18H2. The molecule has 4 heteroatoms. The first kappa shape index (κ1) is 14.9. The van der Waals surface area contributed by atoms with Gasteiger partial charge in [-0.2, -0.15) is 0 Å². The SMILES string of the molecule is NCc1ccccc1OCCCOc1ccc(Br)cc1. The third-order valence-corrected chi connectivity index (χ3v) is 3.35. The first-order valence-corrected chi connectivity index (χ1v) is 7.38. The van der Waals surface area contributed by atoms with Crippen LogP contribution in [0.15, 0.2) is 53.0 Å². The zero-order valence-corrected chi connectivity index (χ0v) is 12.8. The maximum absolute atomic E-state index is 5.72. The molecule has 2 N–H and O–H groups in total. The highest BCUT2D eigenvalue weighted by Gasteiger charge is 2.00. The van der Waals surface area contributed by atoms with E-state index in [9.17, 15) is 0 Å². The van der Waals surface area contributed by atoms with Crippen LogP contribution in [0.2, 0.25) is 0 Å². The molecule has 0 unspecified atom stereocenters. The summed E-state index contributed by atoms with van der Waals surface area (Å²) in [6.45, 7) is 1.74. The molecule has 0 fully saturated rings. The Morgan fingerprint density at radius 1 is 0.900 bits per heavy atom. The minimum absolute atomic E-state index is 0.492. The highest BCUT2D eigenvalue weighted by molar-refractivity contribution is 9.10. The van der Waals surface area contributed by atoms with Gasteiger partial charge in [-0.3, -0.25) is 0 Å². The topological polar surface area (TPSA) is 44.5 Å². The maximum Gasteiger partial charge on any atom is 0.123 e. The fourth-order valence-corrected chi connectivity index (χ4v) is 2.04. The van der Waals surface area contributed by atoms with Crippen molar-refractivity contribution in [2.24, 2.45) is 5.73 Å². The Labute approximate surface area is 127 Å². The molecular weight excluding hydrogens is 318 g/mol. The molecule has 2 aromatic carbocycles. The minimum atomic E-state index is 0.492. The van der Waals surface area contributed by atoms with Crippen LogP contribution in [0.25, 0.3) is 0 Å². The maximum atomic E-state index is 5.72. The van der Waals surface area contributed by atoms with E-state index in [1.54, 1.807) is 0 Å². The van der Waals surface area contributed by atoms with E-state index in [0.717, 1.165) is 28.0 Å². The van der Waals surface area contributed by atoms with Crippen molar-refractivity contribution in [3.8, 4) is 11.5 Å². The number of nitrogens with two attached hydrogens (primary N) is 1. The average molecular weight is 336 g/mol. The lowest BCUT2D eigenvalue weighted by molar-refractivity contribution is 0.246. The lowest BCUT2D eigenvalue weighted by Crippen LogP contribution is -2.07. The summed E-state index contributed by atoms with van der Waals surface area (Å²) in [6, 6.07) is 15.6. The molecular formula is C16H18BrNO2. The van der Waals surface area contributed by atoms with Gasteiger partial charge < -0.3 is 15.2 Å². The van der Waals surface area contributed by atoms with Gasteiger partial charge in [0.1, 0.15) is 11.5 Å². The lowest BCUT2D eigenvalue weighted by atomic mass is 10.2. The van der Waals surface area contributed by atoms with Gasteiger partial charge in [-0.25, -0.2) is 0 Å². The van der Waals surface area contributed by atoms with Crippen molar-refractivity contribution in [1.29, 1.82) is 0 Å². The van der Waals surface area contributed by atoms with Gasteiger partial charge in [0, 0.05) is 23.0 Å². The molecule has 0 radical (unpaired) electrons. The fourth-order valence-electron chi connectivity index (χ4n) is 1.78. The molecule has 0 aliphatic rings. The fraction of sp³-hybridized carbons (Fsp3) is 0.250. The van der Waals surface area contributed by atoms with Crippen molar-refractivity contribution in [1.82, 2.24) is 0 Å². The Kier molecular flexibility index (Phi) is 5.89. The summed E-state index contributed by atoms with van der Waals surface area (Å²) in [6.07, 6.45) is 0.828. The van der Waals surface area contributed by atoms with E-state index in [1.807, 2.05) is 48.5 Å². The van der Waals surface area contributed by atoms with Gasteiger partial charge in [0.05, 0.1) is 13.2 Å². The Bertz CT molecular complexity index is 528. The van der Waals surface area contributed by atoms with Crippen LogP contribution in [0.5, 0.6) is 11.5 Å². The largest absolute Gasteiger partial charge is 0.493 e. The number of rotatable bonds is 7. The van der Waals surface area contributed by atoms with E-state index in [2.05, 4.69) is 15.9 Å². The summed E-state index contributed by atoms with van der Waals surface area (Å²) in [5, 5.41) is 0. The van der Waals surface area contributed by atoms with Crippen LogP contribution < -0.4 is 15.2 Å². The van der Waals surface area contributed by atoms with Gasteiger partial charge in [0.15, 0.2) is 0 Å². The van der Waals surface area contributed by atoms with Gasteiger partial charge in [-0.1, -0.05) is 34.1 Å². The molecule has 0 saturated heterocycles. The molecule has 3 nitrogen and oxygen atoms in total. The zero-order valence-electron chi connectivity index (χ0n) is 11.2.